The van der Waals surface area contributed by atoms with Crippen LogP contribution in [0.25, 0.3) is 0 Å². The number of thiophene rings is 1. The summed E-state index contributed by atoms with van der Waals surface area (Å²) in [4.78, 5) is 3.81. The first-order valence-electron chi connectivity index (χ1n) is 6.27. The normalized spacial score (nSPS) is 20.5. The number of halogens is 1. The van der Waals surface area contributed by atoms with Gasteiger partial charge in [-0.25, -0.2) is 0 Å². The maximum Gasteiger partial charge on any atom is 0.0582 e. The first-order chi connectivity index (χ1) is 8.03. The van der Waals surface area contributed by atoms with Crippen molar-refractivity contribution in [3.8, 4) is 0 Å². The van der Waals surface area contributed by atoms with Crippen LogP contribution in [0.2, 0.25) is 0 Å². The van der Waals surface area contributed by atoms with Gasteiger partial charge in [0.1, 0.15) is 0 Å². The molecule has 1 atom stereocenters. The lowest BCUT2D eigenvalue weighted by Gasteiger charge is -2.44. The van der Waals surface area contributed by atoms with Crippen molar-refractivity contribution in [1.82, 2.24) is 4.90 Å². The lowest BCUT2D eigenvalue weighted by atomic mass is 9.90. The fraction of sp³-hybridized carbons (Fsp3) is 0.692. The maximum absolute atomic E-state index is 6.49. The van der Waals surface area contributed by atoms with Gasteiger partial charge in [-0.1, -0.05) is 6.42 Å². The fourth-order valence-electron chi connectivity index (χ4n) is 2.52. The number of hydrogen-bond acceptors (Lipinski definition) is 3. The third kappa shape index (κ3) is 2.75. The van der Waals surface area contributed by atoms with Crippen molar-refractivity contribution in [3.63, 3.8) is 0 Å². The Morgan fingerprint density at radius 2 is 2.00 bits per heavy atom. The zero-order chi connectivity index (χ0) is 12.5. The Hall–Kier alpha value is 0.1000. The molecule has 0 bridgehead atoms. The van der Waals surface area contributed by atoms with E-state index >= 15 is 0 Å². The summed E-state index contributed by atoms with van der Waals surface area (Å²) in [5.41, 5.74) is 6.52. The SMILES string of the molecule is CC(C)(C(N)c1sccc1Br)N1CCCCC1. The van der Waals surface area contributed by atoms with E-state index in [0.29, 0.717) is 0 Å². The molecule has 0 amide bonds. The van der Waals surface area contributed by atoms with E-state index in [1.54, 1.807) is 11.3 Å². The van der Waals surface area contributed by atoms with Crippen molar-refractivity contribution >= 4 is 27.3 Å². The van der Waals surface area contributed by atoms with Gasteiger partial charge >= 0.3 is 0 Å². The van der Waals surface area contributed by atoms with Gasteiger partial charge in [0, 0.05) is 14.9 Å². The van der Waals surface area contributed by atoms with Crippen LogP contribution in [0.5, 0.6) is 0 Å². The van der Waals surface area contributed by atoms with E-state index < -0.39 is 0 Å². The van der Waals surface area contributed by atoms with Crippen LogP contribution in [0.4, 0.5) is 0 Å². The Bertz CT molecular complexity index is 369. The van der Waals surface area contributed by atoms with Gasteiger partial charge in [-0.05, 0) is 67.2 Å². The third-order valence-corrected chi connectivity index (χ3v) is 5.81. The predicted molar refractivity (Wildman–Crippen MR) is 78.5 cm³/mol. The van der Waals surface area contributed by atoms with Crippen LogP contribution in [-0.4, -0.2) is 23.5 Å². The van der Waals surface area contributed by atoms with Crippen LogP contribution in [-0.2, 0) is 0 Å². The first-order valence-corrected chi connectivity index (χ1v) is 7.94. The molecule has 1 saturated heterocycles. The summed E-state index contributed by atoms with van der Waals surface area (Å²) < 4.78 is 1.15. The second-order valence-electron chi connectivity index (χ2n) is 5.31. The summed E-state index contributed by atoms with van der Waals surface area (Å²) in [6, 6.07) is 2.17. The lowest BCUT2D eigenvalue weighted by molar-refractivity contribution is 0.0737. The minimum Gasteiger partial charge on any atom is -0.322 e. The quantitative estimate of drug-likeness (QED) is 0.919. The molecule has 2 nitrogen and oxygen atoms in total. The smallest absolute Gasteiger partial charge is 0.0582 e. The Kier molecular flexibility index (Phi) is 4.29. The zero-order valence-electron chi connectivity index (χ0n) is 10.6. The standard InChI is InChI=1S/C13H21BrN2S/c1-13(2,16-7-4-3-5-8-16)12(15)11-10(14)6-9-17-11/h6,9,12H,3-5,7-8,15H2,1-2H3. The van der Waals surface area contributed by atoms with Gasteiger partial charge < -0.3 is 5.73 Å². The predicted octanol–water partition coefficient (Wildman–Crippen LogP) is 3.77. The summed E-state index contributed by atoms with van der Waals surface area (Å²) >= 11 is 5.35. The van der Waals surface area contributed by atoms with Gasteiger partial charge in [-0.2, -0.15) is 0 Å². The second kappa shape index (κ2) is 5.39. The summed E-state index contributed by atoms with van der Waals surface area (Å²) in [5.74, 6) is 0. The molecule has 0 radical (unpaired) electrons. The minimum absolute atomic E-state index is 0.0355. The van der Waals surface area contributed by atoms with Crippen molar-refractivity contribution in [2.75, 3.05) is 13.1 Å². The molecule has 0 aromatic carbocycles. The summed E-state index contributed by atoms with van der Waals surface area (Å²) in [6.45, 7) is 6.91. The molecular formula is C13H21BrN2S. The summed E-state index contributed by atoms with van der Waals surface area (Å²) in [7, 11) is 0. The summed E-state index contributed by atoms with van der Waals surface area (Å²) in [5, 5.41) is 2.10. The van der Waals surface area contributed by atoms with Crippen LogP contribution < -0.4 is 5.73 Å². The van der Waals surface area contributed by atoms with Crippen LogP contribution in [0.1, 0.15) is 44.0 Å². The van der Waals surface area contributed by atoms with Gasteiger partial charge in [0.15, 0.2) is 0 Å². The van der Waals surface area contributed by atoms with Gasteiger partial charge in [-0.15, -0.1) is 11.3 Å². The van der Waals surface area contributed by atoms with Crippen molar-refractivity contribution in [3.05, 3.63) is 20.8 Å². The van der Waals surface area contributed by atoms with E-state index in [0.717, 1.165) is 4.47 Å². The van der Waals surface area contributed by atoms with E-state index in [1.807, 2.05) is 0 Å². The largest absolute Gasteiger partial charge is 0.322 e. The number of nitrogens with two attached hydrogens (primary N) is 1. The van der Waals surface area contributed by atoms with E-state index in [1.165, 1.54) is 37.2 Å². The number of likely N-dealkylation sites (tertiary alicyclic amines) is 1. The van der Waals surface area contributed by atoms with E-state index in [-0.39, 0.29) is 11.6 Å². The van der Waals surface area contributed by atoms with Crippen molar-refractivity contribution in [2.45, 2.75) is 44.7 Å². The first kappa shape index (κ1) is 13.5. The van der Waals surface area contributed by atoms with E-state index in [9.17, 15) is 0 Å². The highest BCUT2D eigenvalue weighted by Gasteiger charge is 2.35. The van der Waals surface area contributed by atoms with Crippen molar-refractivity contribution in [2.24, 2.45) is 5.73 Å². The molecule has 17 heavy (non-hydrogen) atoms. The molecule has 1 unspecified atom stereocenters. The average Bonchev–Trinajstić information content (AvgIpc) is 2.75. The molecule has 1 aromatic heterocycles. The number of rotatable bonds is 3. The van der Waals surface area contributed by atoms with Crippen LogP contribution >= 0.6 is 27.3 Å². The minimum atomic E-state index is 0.0355. The van der Waals surface area contributed by atoms with Crippen molar-refractivity contribution in [1.29, 1.82) is 0 Å². The molecule has 2 heterocycles. The lowest BCUT2D eigenvalue weighted by Crippen LogP contribution is -2.52. The molecule has 1 fully saturated rings. The molecule has 2 N–H and O–H groups in total. The third-order valence-electron chi connectivity index (χ3n) is 3.86. The van der Waals surface area contributed by atoms with Gasteiger partial charge in [-0.3, -0.25) is 4.90 Å². The highest BCUT2D eigenvalue weighted by atomic mass is 79.9. The maximum atomic E-state index is 6.49. The number of piperidine rings is 1. The van der Waals surface area contributed by atoms with Crippen LogP contribution in [0.3, 0.4) is 0 Å². The van der Waals surface area contributed by atoms with Gasteiger partial charge in [0.25, 0.3) is 0 Å². The van der Waals surface area contributed by atoms with Crippen LogP contribution in [0.15, 0.2) is 15.9 Å². The molecule has 2 rings (SSSR count). The Labute approximate surface area is 116 Å². The number of hydrogen-bond donors (Lipinski definition) is 1. The molecule has 1 aliphatic rings. The summed E-state index contributed by atoms with van der Waals surface area (Å²) in [6.07, 6.45) is 3.98. The van der Waals surface area contributed by atoms with Crippen LogP contribution in [0, 0.1) is 0 Å². The zero-order valence-corrected chi connectivity index (χ0v) is 13.0. The highest BCUT2D eigenvalue weighted by molar-refractivity contribution is 9.10. The highest BCUT2D eigenvalue weighted by Crippen LogP contribution is 2.37. The second-order valence-corrected chi connectivity index (χ2v) is 7.11. The molecular weight excluding hydrogens is 296 g/mol. The number of nitrogens with zero attached hydrogens (tertiary/aromatic N) is 1. The topological polar surface area (TPSA) is 29.3 Å². The molecule has 0 spiro atoms. The Balaban J connectivity index is 2.16. The molecule has 4 heteroatoms. The Morgan fingerprint density at radius 1 is 1.35 bits per heavy atom. The average molecular weight is 317 g/mol. The molecule has 96 valence electrons. The molecule has 0 saturated carbocycles. The molecule has 1 aromatic rings. The van der Waals surface area contributed by atoms with Crippen molar-refractivity contribution < 1.29 is 0 Å². The fourth-order valence-corrected chi connectivity index (χ4v) is 4.32. The van der Waals surface area contributed by atoms with Gasteiger partial charge in [0.05, 0.1) is 6.04 Å². The van der Waals surface area contributed by atoms with E-state index in [4.69, 9.17) is 5.73 Å². The van der Waals surface area contributed by atoms with Gasteiger partial charge in [0.2, 0.25) is 0 Å². The van der Waals surface area contributed by atoms with E-state index in [2.05, 4.69) is 46.1 Å². The molecule has 0 aliphatic carbocycles. The Morgan fingerprint density at radius 3 is 2.53 bits per heavy atom. The molecule has 1 aliphatic heterocycles. The monoisotopic (exact) mass is 316 g/mol.